The zero-order valence-corrected chi connectivity index (χ0v) is 22.3. The van der Waals surface area contributed by atoms with E-state index in [-0.39, 0.29) is 24.0 Å². The van der Waals surface area contributed by atoms with Crippen LogP contribution in [0.15, 0.2) is 17.1 Å². The molecule has 0 aliphatic carbocycles. The molecule has 0 unspecified atom stereocenters. The van der Waals surface area contributed by atoms with Crippen LogP contribution in [0, 0.1) is 0 Å². The fraction of sp³-hybridized carbons (Fsp3) is 0.875. The number of thiazole rings is 1. The van der Waals surface area contributed by atoms with Gasteiger partial charge in [0.15, 0.2) is 6.20 Å². The van der Waals surface area contributed by atoms with Crippen LogP contribution in [-0.4, -0.2) is 11.5 Å². The van der Waals surface area contributed by atoms with E-state index in [1.54, 1.807) is 11.3 Å². The molecule has 1 aromatic heterocycles. The predicted octanol–water partition coefficient (Wildman–Crippen LogP) is 5.42. The van der Waals surface area contributed by atoms with Crippen LogP contribution in [0.5, 0.6) is 0 Å². The summed E-state index contributed by atoms with van der Waals surface area (Å²) in [5, 5.41) is 2.16. The number of halogens is 1. The molecule has 0 aliphatic rings. The Kier molecular flexibility index (Phi) is 24.6. The molecule has 28 heavy (non-hydrogen) atoms. The van der Waals surface area contributed by atoms with Gasteiger partial charge in [0.05, 0.1) is 5.38 Å². The Bertz CT molecular complexity index is 384. The first-order chi connectivity index (χ1) is 13.4. The molecule has 0 radical (unpaired) electrons. The Morgan fingerprint density at radius 2 is 1.11 bits per heavy atom. The Balaban J connectivity index is 0.00000729. The van der Waals surface area contributed by atoms with Crippen molar-refractivity contribution in [3.63, 3.8) is 0 Å². The summed E-state index contributed by atoms with van der Waals surface area (Å²) in [6, 6.07) is 0. The van der Waals surface area contributed by atoms with E-state index in [0.29, 0.717) is 0 Å². The number of hydrogen-bond donors (Lipinski definition) is 0. The summed E-state index contributed by atoms with van der Waals surface area (Å²) in [7, 11) is 0. The second kappa shape index (κ2) is 24.0. The molecule has 0 saturated carbocycles. The molecule has 1 rings (SSSR count). The maximum absolute atomic E-state index is 2.31. The third-order valence-electron chi connectivity index (χ3n) is 5.37. The van der Waals surface area contributed by atoms with Gasteiger partial charge in [-0.3, -0.25) is 0 Å². The van der Waals surface area contributed by atoms with Crippen LogP contribution in [0.4, 0.5) is 0 Å². The molecule has 0 saturated heterocycles. The molecule has 0 N–H and O–H groups in total. The molecule has 0 spiro atoms. The molecule has 1 nitrogen and oxygen atoms in total. The number of aryl methyl sites for hydroxylation is 1. The fourth-order valence-corrected chi connectivity index (χ4v) is 5.17. The van der Waals surface area contributed by atoms with Crippen molar-refractivity contribution in [2.24, 2.45) is 0 Å². The SMILES string of the molecule is CCCCCCCCCCCCCCCCCCSCCC[n+]1ccsc1.[I-]. The fourth-order valence-electron chi connectivity index (χ4n) is 3.59. The average molecular weight is 540 g/mol. The standard InChI is InChI=1S/C24H46NS2.HI/c1-2-3-4-5-6-7-8-9-10-11-12-13-14-15-16-17-21-26-22-18-19-25-20-23-27-24-25;/h20,23-24H,2-19,21-22H2,1H3;1H/q+1;/p-1. The molecule has 0 bridgehead atoms. The van der Waals surface area contributed by atoms with Gasteiger partial charge < -0.3 is 24.0 Å². The van der Waals surface area contributed by atoms with Gasteiger partial charge in [0.25, 0.3) is 0 Å². The summed E-state index contributed by atoms with van der Waals surface area (Å²) < 4.78 is 2.31. The van der Waals surface area contributed by atoms with Crippen molar-refractivity contribution >= 4 is 23.1 Å². The second-order valence-electron chi connectivity index (χ2n) is 8.03. The molecule has 0 aromatic carbocycles. The van der Waals surface area contributed by atoms with E-state index in [2.05, 4.69) is 40.3 Å². The number of aromatic nitrogens is 1. The smallest absolute Gasteiger partial charge is 0.224 e. The molecule has 166 valence electrons. The van der Waals surface area contributed by atoms with Gasteiger partial charge in [-0.25, -0.2) is 0 Å². The maximum Gasteiger partial charge on any atom is 0.224 e. The van der Waals surface area contributed by atoms with Crippen LogP contribution in [0.3, 0.4) is 0 Å². The minimum Gasteiger partial charge on any atom is -1.00 e. The highest BCUT2D eigenvalue weighted by Gasteiger charge is 1.99. The van der Waals surface area contributed by atoms with Crippen molar-refractivity contribution in [2.45, 2.75) is 123 Å². The lowest BCUT2D eigenvalue weighted by atomic mass is 10.0. The minimum atomic E-state index is 0. The van der Waals surface area contributed by atoms with Crippen molar-refractivity contribution in [1.82, 2.24) is 0 Å². The highest BCUT2D eigenvalue weighted by molar-refractivity contribution is 7.99. The van der Waals surface area contributed by atoms with Gasteiger partial charge in [-0.2, -0.15) is 16.3 Å². The first-order valence-corrected chi connectivity index (χ1v) is 14.0. The molecule has 1 aromatic rings. The highest BCUT2D eigenvalue weighted by atomic mass is 127. The van der Waals surface area contributed by atoms with Crippen molar-refractivity contribution < 1.29 is 28.5 Å². The van der Waals surface area contributed by atoms with Gasteiger partial charge in [-0.1, -0.05) is 115 Å². The Morgan fingerprint density at radius 1 is 0.643 bits per heavy atom. The molecular formula is C24H46INS2. The van der Waals surface area contributed by atoms with Gasteiger partial charge in [-0.15, -0.1) is 0 Å². The monoisotopic (exact) mass is 539 g/mol. The molecule has 0 atom stereocenters. The summed E-state index contributed by atoms with van der Waals surface area (Å²) in [4.78, 5) is 0. The number of rotatable bonds is 21. The Labute approximate surface area is 201 Å². The molecule has 4 heteroatoms. The largest absolute Gasteiger partial charge is 1.00 e. The zero-order chi connectivity index (χ0) is 19.3. The lowest BCUT2D eigenvalue weighted by Gasteiger charge is -2.04. The summed E-state index contributed by atoms with van der Waals surface area (Å²) in [5.41, 5.74) is 2.21. The lowest BCUT2D eigenvalue weighted by molar-refractivity contribution is -0.692. The van der Waals surface area contributed by atoms with Crippen LogP contribution in [0.25, 0.3) is 0 Å². The highest BCUT2D eigenvalue weighted by Crippen LogP contribution is 2.14. The first kappa shape index (κ1) is 28.7. The van der Waals surface area contributed by atoms with E-state index in [1.807, 2.05) is 0 Å². The lowest BCUT2D eigenvalue weighted by Crippen LogP contribution is -3.00. The second-order valence-corrected chi connectivity index (χ2v) is 10.0. The molecule has 0 aliphatic heterocycles. The molecule has 0 amide bonds. The van der Waals surface area contributed by atoms with Crippen molar-refractivity contribution in [3.8, 4) is 0 Å². The van der Waals surface area contributed by atoms with Gasteiger partial charge in [0, 0.05) is 6.42 Å². The quantitative estimate of drug-likeness (QED) is 0.115. The van der Waals surface area contributed by atoms with E-state index in [4.69, 9.17) is 0 Å². The number of thioether (sulfide) groups is 1. The van der Waals surface area contributed by atoms with Crippen molar-refractivity contribution in [1.29, 1.82) is 0 Å². The molecule has 0 fully saturated rings. The maximum atomic E-state index is 2.31. The summed E-state index contributed by atoms with van der Waals surface area (Å²) in [6.45, 7) is 3.49. The molecule has 1 heterocycles. The zero-order valence-electron chi connectivity index (χ0n) is 18.5. The van der Waals surface area contributed by atoms with E-state index >= 15 is 0 Å². The summed E-state index contributed by atoms with van der Waals surface area (Å²) in [5.74, 6) is 2.69. The topological polar surface area (TPSA) is 3.88 Å². The number of unbranched alkanes of at least 4 members (excludes halogenated alkanes) is 15. The van der Waals surface area contributed by atoms with E-state index < -0.39 is 0 Å². The molecular weight excluding hydrogens is 493 g/mol. The summed E-state index contributed by atoms with van der Waals surface area (Å²) >= 11 is 3.94. The van der Waals surface area contributed by atoms with Crippen LogP contribution >= 0.6 is 23.1 Å². The van der Waals surface area contributed by atoms with Crippen LogP contribution < -0.4 is 28.5 Å². The number of hydrogen-bond acceptors (Lipinski definition) is 2. The van der Waals surface area contributed by atoms with E-state index in [0.717, 1.165) is 0 Å². The van der Waals surface area contributed by atoms with Crippen molar-refractivity contribution in [3.05, 3.63) is 17.1 Å². The van der Waals surface area contributed by atoms with Crippen LogP contribution in [-0.2, 0) is 6.54 Å². The summed E-state index contributed by atoms with van der Waals surface area (Å²) in [6.07, 6.45) is 26.9. The van der Waals surface area contributed by atoms with E-state index in [9.17, 15) is 0 Å². The third kappa shape index (κ3) is 20.0. The van der Waals surface area contributed by atoms with E-state index in [1.165, 1.54) is 127 Å². The van der Waals surface area contributed by atoms with Crippen molar-refractivity contribution in [2.75, 3.05) is 11.5 Å². The minimum absolute atomic E-state index is 0. The normalized spacial score (nSPS) is 10.9. The average Bonchev–Trinajstić information content (AvgIpc) is 3.20. The Hall–Kier alpha value is 0.710. The van der Waals surface area contributed by atoms with Crippen LogP contribution in [0.1, 0.15) is 116 Å². The van der Waals surface area contributed by atoms with Crippen LogP contribution in [0.2, 0.25) is 0 Å². The first-order valence-electron chi connectivity index (χ1n) is 11.9. The Morgan fingerprint density at radius 3 is 1.57 bits per heavy atom. The van der Waals surface area contributed by atoms with Gasteiger partial charge in [0.2, 0.25) is 5.51 Å². The van der Waals surface area contributed by atoms with Gasteiger partial charge in [0.1, 0.15) is 6.54 Å². The number of nitrogens with zero attached hydrogens (tertiary/aromatic N) is 1. The predicted molar refractivity (Wildman–Crippen MR) is 126 cm³/mol. The third-order valence-corrected chi connectivity index (χ3v) is 7.20. The van der Waals surface area contributed by atoms with Gasteiger partial charge >= 0.3 is 0 Å². The van der Waals surface area contributed by atoms with Gasteiger partial charge in [-0.05, 0) is 17.9 Å².